The highest BCUT2D eigenvalue weighted by Crippen LogP contribution is 2.30. The number of benzene rings is 1. The molecule has 6 rings (SSSR count). The van der Waals surface area contributed by atoms with Crippen molar-refractivity contribution in [2.45, 2.75) is 64.0 Å². The van der Waals surface area contributed by atoms with Crippen molar-refractivity contribution < 1.29 is 9.59 Å². The summed E-state index contributed by atoms with van der Waals surface area (Å²) in [7, 11) is 1.76. The molecule has 224 valence electrons. The summed E-state index contributed by atoms with van der Waals surface area (Å²) in [6.07, 6.45) is 5.61. The van der Waals surface area contributed by atoms with Gasteiger partial charge in [0.1, 0.15) is 6.04 Å². The molecule has 4 saturated heterocycles. The van der Waals surface area contributed by atoms with Crippen LogP contribution >= 0.6 is 0 Å². The maximum Gasteiger partial charge on any atom is 0.329 e. The molecule has 0 saturated carbocycles. The summed E-state index contributed by atoms with van der Waals surface area (Å²) in [4.78, 5) is 45.1. The molecule has 5 heterocycles. The minimum Gasteiger partial charge on any atom is -0.371 e. The Bertz CT molecular complexity index is 1330. The van der Waals surface area contributed by atoms with E-state index in [1.165, 1.54) is 58.4 Å². The first-order valence-corrected chi connectivity index (χ1v) is 15.7. The molecule has 1 unspecified atom stereocenters. The van der Waals surface area contributed by atoms with Crippen molar-refractivity contribution in [1.29, 1.82) is 0 Å². The number of hydrogen-bond acceptors (Lipinski definition) is 7. The van der Waals surface area contributed by atoms with Crippen LogP contribution in [-0.2, 0) is 16.6 Å². The number of carbonyl (C=O) groups is 2. The highest BCUT2D eigenvalue weighted by molar-refractivity contribution is 6.00. The van der Waals surface area contributed by atoms with Gasteiger partial charge in [0.05, 0.1) is 11.0 Å². The van der Waals surface area contributed by atoms with Gasteiger partial charge in [-0.15, -0.1) is 0 Å². The Morgan fingerprint density at radius 2 is 1.54 bits per heavy atom. The molecule has 4 fully saturated rings. The van der Waals surface area contributed by atoms with Gasteiger partial charge in [-0.3, -0.25) is 28.9 Å². The van der Waals surface area contributed by atoms with Gasteiger partial charge in [0, 0.05) is 70.5 Å². The van der Waals surface area contributed by atoms with Crippen molar-refractivity contribution in [3.8, 4) is 0 Å². The van der Waals surface area contributed by atoms with Crippen LogP contribution in [0.25, 0.3) is 11.0 Å². The molecular weight excluding hydrogens is 518 g/mol. The zero-order chi connectivity index (χ0) is 28.7. The second-order valence-corrected chi connectivity index (χ2v) is 13.6. The molecule has 0 aliphatic carbocycles. The molecule has 2 aromatic rings. The number of fused-ring (bicyclic) bond motifs is 1. The predicted molar refractivity (Wildman–Crippen MR) is 161 cm³/mol. The average molecular weight is 566 g/mol. The summed E-state index contributed by atoms with van der Waals surface area (Å²) >= 11 is 0. The summed E-state index contributed by atoms with van der Waals surface area (Å²) < 4.78 is 3.18. The van der Waals surface area contributed by atoms with E-state index < -0.39 is 11.9 Å². The van der Waals surface area contributed by atoms with Gasteiger partial charge in [0.2, 0.25) is 11.8 Å². The third kappa shape index (κ3) is 6.10. The Balaban J connectivity index is 1.01. The lowest BCUT2D eigenvalue weighted by Crippen LogP contribution is -2.58. The number of nitrogens with zero attached hydrogens (tertiary/aromatic N) is 5. The fourth-order valence-corrected chi connectivity index (χ4v) is 7.64. The van der Waals surface area contributed by atoms with Gasteiger partial charge in [-0.25, -0.2) is 4.79 Å². The highest BCUT2D eigenvalue weighted by atomic mass is 16.2. The van der Waals surface area contributed by atoms with E-state index >= 15 is 0 Å². The zero-order valence-electron chi connectivity index (χ0n) is 25.0. The molecule has 0 spiro atoms. The number of imide groups is 1. The molecule has 10 nitrogen and oxygen atoms in total. The van der Waals surface area contributed by atoms with Gasteiger partial charge in [-0.1, -0.05) is 0 Å². The number of anilines is 1. The number of likely N-dealkylation sites (tertiary alicyclic amines) is 1. The van der Waals surface area contributed by atoms with Crippen molar-refractivity contribution in [2.75, 3.05) is 63.8 Å². The number of nitrogens with one attached hydrogen (secondary N) is 2. The third-order valence-electron chi connectivity index (χ3n) is 9.96. The fourth-order valence-electron chi connectivity index (χ4n) is 7.64. The standard InChI is InChI=1S/C31H47N7O3/c1-31(2)21-36(17-12-32-31)20-22-8-13-35(14-9-22)19-23-10-15-37(16-11-23)24-4-5-25-27(18-24)34(3)30(41)38(25)26-6-7-28(39)33-29(26)40/h4-5,18,22-23,26,32H,6-17,19-21H2,1-3H3,(H,33,39,40). The number of hydrogen-bond donors (Lipinski definition) is 2. The molecule has 10 heteroatoms. The summed E-state index contributed by atoms with van der Waals surface area (Å²) in [6.45, 7) is 15.0. The average Bonchev–Trinajstić information content (AvgIpc) is 3.19. The molecule has 2 amide bonds. The Morgan fingerprint density at radius 3 is 2.22 bits per heavy atom. The van der Waals surface area contributed by atoms with Crippen LogP contribution in [0.5, 0.6) is 0 Å². The lowest BCUT2D eigenvalue weighted by Gasteiger charge is -2.42. The fraction of sp³-hybridized carbons (Fsp3) is 0.710. The van der Waals surface area contributed by atoms with Crippen LogP contribution in [0.3, 0.4) is 0 Å². The van der Waals surface area contributed by atoms with Crippen LogP contribution in [0.1, 0.15) is 58.4 Å². The van der Waals surface area contributed by atoms with Crippen molar-refractivity contribution in [2.24, 2.45) is 18.9 Å². The highest BCUT2D eigenvalue weighted by Gasteiger charge is 2.32. The Morgan fingerprint density at radius 1 is 0.854 bits per heavy atom. The van der Waals surface area contributed by atoms with Gasteiger partial charge in [-0.2, -0.15) is 0 Å². The number of aromatic nitrogens is 2. The second-order valence-electron chi connectivity index (χ2n) is 13.6. The summed E-state index contributed by atoms with van der Waals surface area (Å²) in [6, 6.07) is 5.48. The quantitative estimate of drug-likeness (QED) is 0.517. The zero-order valence-corrected chi connectivity index (χ0v) is 25.0. The SMILES string of the molecule is Cn1c(=O)n(C2CCC(=O)NC2=O)c2ccc(N3CCC(CN4CCC(CN5CCNC(C)(C)C5)CC4)CC3)cc21. The minimum atomic E-state index is -0.648. The number of amides is 2. The van der Waals surface area contributed by atoms with Gasteiger partial charge >= 0.3 is 5.69 Å². The van der Waals surface area contributed by atoms with E-state index in [4.69, 9.17) is 0 Å². The van der Waals surface area contributed by atoms with E-state index in [0.29, 0.717) is 6.42 Å². The number of piperidine rings is 3. The van der Waals surface area contributed by atoms with Crippen LogP contribution in [0, 0.1) is 11.8 Å². The molecule has 4 aliphatic rings. The third-order valence-corrected chi connectivity index (χ3v) is 9.96. The molecule has 0 radical (unpaired) electrons. The molecule has 41 heavy (non-hydrogen) atoms. The number of piperazine rings is 1. The molecule has 0 bridgehead atoms. The normalized spacial score (nSPS) is 25.6. The molecular formula is C31H47N7O3. The first-order chi connectivity index (χ1) is 19.7. The molecule has 4 aliphatic heterocycles. The smallest absolute Gasteiger partial charge is 0.329 e. The summed E-state index contributed by atoms with van der Waals surface area (Å²) in [5.41, 5.74) is 2.72. The predicted octanol–water partition coefficient (Wildman–Crippen LogP) is 1.93. The van der Waals surface area contributed by atoms with Crippen LogP contribution in [0.4, 0.5) is 5.69 Å². The van der Waals surface area contributed by atoms with E-state index in [9.17, 15) is 14.4 Å². The topological polar surface area (TPSA) is 94.8 Å². The van der Waals surface area contributed by atoms with E-state index in [1.54, 1.807) is 16.2 Å². The minimum absolute atomic E-state index is 0.217. The van der Waals surface area contributed by atoms with Crippen LogP contribution < -0.4 is 21.2 Å². The largest absolute Gasteiger partial charge is 0.371 e. The number of imidazole rings is 1. The van der Waals surface area contributed by atoms with Gasteiger partial charge in [-0.05, 0) is 89.1 Å². The van der Waals surface area contributed by atoms with E-state index in [1.807, 2.05) is 6.07 Å². The van der Waals surface area contributed by atoms with Crippen molar-refractivity contribution in [1.82, 2.24) is 29.6 Å². The molecule has 1 aromatic heterocycles. The maximum atomic E-state index is 13.1. The molecule has 1 atom stereocenters. The Labute approximate surface area is 243 Å². The van der Waals surface area contributed by atoms with Crippen LogP contribution in [-0.4, -0.2) is 95.2 Å². The van der Waals surface area contributed by atoms with Gasteiger partial charge in [0.25, 0.3) is 0 Å². The number of rotatable bonds is 6. The maximum absolute atomic E-state index is 13.1. The Hall–Kier alpha value is -2.69. The number of carbonyl (C=O) groups excluding carboxylic acids is 2. The van der Waals surface area contributed by atoms with Gasteiger partial charge < -0.3 is 15.1 Å². The first kappa shape index (κ1) is 28.4. The summed E-state index contributed by atoms with van der Waals surface area (Å²) in [5, 5.41) is 6.01. The van der Waals surface area contributed by atoms with Crippen molar-refractivity contribution in [3.05, 3.63) is 28.7 Å². The summed E-state index contributed by atoms with van der Waals surface area (Å²) in [5.74, 6) is 0.899. The van der Waals surface area contributed by atoms with E-state index in [0.717, 1.165) is 54.7 Å². The Kier molecular flexibility index (Phi) is 8.00. The monoisotopic (exact) mass is 565 g/mol. The second kappa shape index (κ2) is 11.5. The molecule has 2 N–H and O–H groups in total. The van der Waals surface area contributed by atoms with Crippen LogP contribution in [0.15, 0.2) is 23.0 Å². The van der Waals surface area contributed by atoms with E-state index in [2.05, 4.69) is 51.3 Å². The van der Waals surface area contributed by atoms with Crippen molar-refractivity contribution in [3.63, 3.8) is 0 Å². The van der Waals surface area contributed by atoms with E-state index in [-0.39, 0.29) is 23.6 Å². The molecule has 1 aromatic carbocycles. The lowest BCUT2D eigenvalue weighted by molar-refractivity contribution is -0.135. The van der Waals surface area contributed by atoms with Crippen LogP contribution in [0.2, 0.25) is 0 Å². The van der Waals surface area contributed by atoms with Crippen molar-refractivity contribution >= 4 is 28.5 Å². The van der Waals surface area contributed by atoms with Gasteiger partial charge in [0.15, 0.2) is 0 Å². The number of aryl methyl sites for hydroxylation is 1. The first-order valence-electron chi connectivity index (χ1n) is 15.7. The lowest BCUT2D eigenvalue weighted by atomic mass is 9.91.